The summed E-state index contributed by atoms with van der Waals surface area (Å²) < 4.78 is 11.4. The monoisotopic (exact) mass is 430 g/mol. The lowest BCUT2D eigenvalue weighted by Gasteiger charge is -2.37. The van der Waals surface area contributed by atoms with E-state index in [-0.39, 0.29) is 34.8 Å². The van der Waals surface area contributed by atoms with Gasteiger partial charge in [0.25, 0.3) is 5.91 Å². The Balaban J connectivity index is 1.62. The number of ketones is 1. The highest BCUT2D eigenvalue weighted by Gasteiger charge is 2.53. The molecule has 0 bridgehead atoms. The van der Waals surface area contributed by atoms with Crippen molar-refractivity contribution in [1.29, 1.82) is 0 Å². The lowest BCUT2D eigenvalue weighted by Crippen LogP contribution is -2.41. The molecular formula is C21H19ClN2O4S. The van der Waals surface area contributed by atoms with Gasteiger partial charge in [-0.3, -0.25) is 14.5 Å². The molecule has 1 amide bonds. The summed E-state index contributed by atoms with van der Waals surface area (Å²) in [5, 5.41) is 2.31. The molecule has 1 aliphatic carbocycles. The number of benzene rings is 1. The van der Waals surface area contributed by atoms with Crippen molar-refractivity contribution in [2.24, 2.45) is 5.92 Å². The van der Waals surface area contributed by atoms with E-state index in [2.05, 4.69) is 4.98 Å². The largest absolute Gasteiger partial charge is 0.497 e. The predicted molar refractivity (Wildman–Crippen MR) is 109 cm³/mol. The van der Waals surface area contributed by atoms with Crippen molar-refractivity contribution in [3.05, 3.63) is 52.7 Å². The van der Waals surface area contributed by atoms with Crippen molar-refractivity contribution >= 4 is 39.8 Å². The van der Waals surface area contributed by atoms with Gasteiger partial charge in [-0.1, -0.05) is 12.1 Å². The number of fused-ring (bicyclic) bond motifs is 1. The van der Waals surface area contributed by atoms with Crippen molar-refractivity contribution in [2.75, 3.05) is 12.0 Å². The van der Waals surface area contributed by atoms with Gasteiger partial charge in [0, 0.05) is 17.0 Å². The molecule has 5 rings (SSSR count). The average Bonchev–Trinajstić information content (AvgIpc) is 3.35. The summed E-state index contributed by atoms with van der Waals surface area (Å²) in [4.78, 5) is 32.8. The van der Waals surface area contributed by atoms with Crippen LogP contribution in [-0.2, 0) is 14.3 Å². The molecule has 0 spiro atoms. The Kier molecular flexibility index (Phi) is 4.59. The summed E-state index contributed by atoms with van der Waals surface area (Å²) in [5.74, 6) is 0.220. The third-order valence-electron chi connectivity index (χ3n) is 5.84. The third kappa shape index (κ3) is 2.95. The maximum atomic E-state index is 13.5. The highest BCUT2D eigenvalue weighted by molar-refractivity contribution is 7.13. The predicted octanol–water partition coefficient (Wildman–Crippen LogP) is 3.87. The SMILES string of the molecule is COc1ccc(C2C3=C(OC4CCC(Cl)CC4C3=O)C(=O)N2c2nccs2)cc1. The zero-order valence-corrected chi connectivity index (χ0v) is 17.3. The van der Waals surface area contributed by atoms with Gasteiger partial charge < -0.3 is 9.47 Å². The molecule has 0 N–H and O–H groups in total. The van der Waals surface area contributed by atoms with Crippen molar-refractivity contribution in [3.8, 4) is 5.75 Å². The van der Waals surface area contributed by atoms with Gasteiger partial charge in [0.05, 0.1) is 24.6 Å². The fraction of sp³-hybridized carbons (Fsp3) is 0.381. The topological polar surface area (TPSA) is 68.7 Å². The number of carbonyl (C=O) groups is 2. The number of aromatic nitrogens is 1. The molecule has 1 saturated carbocycles. The first-order valence-corrected chi connectivity index (χ1v) is 10.9. The number of ether oxygens (including phenoxy) is 2. The summed E-state index contributed by atoms with van der Waals surface area (Å²) in [6.45, 7) is 0. The van der Waals surface area contributed by atoms with E-state index in [1.165, 1.54) is 11.3 Å². The number of thiazole rings is 1. The number of amides is 1. The number of halogens is 1. The van der Waals surface area contributed by atoms with E-state index in [0.717, 1.165) is 12.0 Å². The molecular weight excluding hydrogens is 412 g/mol. The molecule has 8 heteroatoms. The van der Waals surface area contributed by atoms with Gasteiger partial charge in [-0.25, -0.2) is 4.98 Å². The number of hydrogen-bond acceptors (Lipinski definition) is 6. The average molecular weight is 431 g/mol. The highest BCUT2D eigenvalue weighted by Crippen LogP contribution is 2.49. The van der Waals surface area contributed by atoms with E-state index >= 15 is 0 Å². The lowest BCUT2D eigenvalue weighted by atomic mass is 9.77. The number of anilines is 1. The molecule has 1 aromatic carbocycles. The quantitative estimate of drug-likeness (QED) is 0.691. The number of hydrogen-bond donors (Lipinski definition) is 0. The Morgan fingerprint density at radius 2 is 2.03 bits per heavy atom. The smallest absolute Gasteiger partial charge is 0.296 e. The molecule has 29 heavy (non-hydrogen) atoms. The second-order valence-corrected chi connectivity index (χ2v) is 8.94. The first-order valence-electron chi connectivity index (χ1n) is 9.54. The van der Waals surface area contributed by atoms with Crippen LogP contribution in [0, 0.1) is 5.92 Å². The lowest BCUT2D eigenvalue weighted by molar-refractivity contribution is -0.131. The van der Waals surface area contributed by atoms with E-state index in [1.807, 2.05) is 29.6 Å². The van der Waals surface area contributed by atoms with Crippen molar-refractivity contribution < 1.29 is 19.1 Å². The number of Topliss-reactive ketones (excluding diaryl/α,β-unsaturated/α-hetero) is 1. The second-order valence-electron chi connectivity index (χ2n) is 7.45. The van der Waals surface area contributed by atoms with Gasteiger partial charge in [0.2, 0.25) is 0 Å². The fourth-order valence-corrected chi connectivity index (χ4v) is 5.43. The van der Waals surface area contributed by atoms with E-state index < -0.39 is 6.04 Å². The minimum absolute atomic E-state index is 0.0326. The van der Waals surface area contributed by atoms with Crippen LogP contribution < -0.4 is 9.64 Å². The van der Waals surface area contributed by atoms with Crippen LogP contribution >= 0.6 is 22.9 Å². The van der Waals surface area contributed by atoms with Crippen molar-refractivity contribution in [3.63, 3.8) is 0 Å². The first kappa shape index (κ1) is 18.6. The summed E-state index contributed by atoms with van der Waals surface area (Å²) >= 11 is 7.70. The Bertz CT molecular complexity index is 989. The fourth-order valence-electron chi connectivity index (χ4n) is 4.45. The van der Waals surface area contributed by atoms with Gasteiger partial charge in [0.15, 0.2) is 16.7 Å². The van der Waals surface area contributed by atoms with E-state index in [0.29, 0.717) is 29.3 Å². The normalized spacial score (nSPS) is 28.8. The van der Waals surface area contributed by atoms with Crippen LogP contribution in [0.15, 0.2) is 47.2 Å². The molecule has 3 aliphatic rings. The zero-order valence-electron chi connectivity index (χ0n) is 15.7. The summed E-state index contributed by atoms with van der Waals surface area (Å²) in [6, 6.07) is 6.82. The molecule has 3 heterocycles. The first-order chi connectivity index (χ1) is 14.1. The van der Waals surface area contributed by atoms with Crippen LogP contribution in [0.25, 0.3) is 0 Å². The van der Waals surface area contributed by atoms with E-state index in [9.17, 15) is 9.59 Å². The van der Waals surface area contributed by atoms with Crippen LogP contribution in [0.2, 0.25) is 0 Å². The minimum Gasteiger partial charge on any atom is -0.497 e. The maximum Gasteiger partial charge on any atom is 0.296 e. The van der Waals surface area contributed by atoms with Gasteiger partial charge >= 0.3 is 0 Å². The number of methoxy groups -OCH3 is 1. The standard InChI is InChI=1S/C21H19ClN2O4S/c1-27-13-5-2-11(3-6-13)17-16-18(25)14-10-12(22)4-7-15(14)28-19(16)20(26)24(17)21-23-8-9-29-21/h2-3,5-6,8-9,12,14-15,17H,4,7,10H2,1H3. The summed E-state index contributed by atoms with van der Waals surface area (Å²) in [5.41, 5.74) is 1.23. The molecule has 4 atom stereocenters. The molecule has 1 aromatic heterocycles. The van der Waals surface area contributed by atoms with Gasteiger partial charge in [-0.05, 0) is 37.0 Å². The molecule has 6 nitrogen and oxygen atoms in total. The number of nitrogens with zero attached hydrogens (tertiary/aromatic N) is 2. The van der Waals surface area contributed by atoms with Crippen LogP contribution in [0.5, 0.6) is 5.75 Å². The Hall–Kier alpha value is -2.38. The molecule has 2 aliphatic heterocycles. The summed E-state index contributed by atoms with van der Waals surface area (Å²) in [7, 11) is 1.60. The Labute approximate surface area is 177 Å². The van der Waals surface area contributed by atoms with E-state index in [1.54, 1.807) is 18.2 Å². The number of carbonyl (C=O) groups excluding carboxylic acids is 2. The highest BCUT2D eigenvalue weighted by atomic mass is 35.5. The summed E-state index contributed by atoms with van der Waals surface area (Å²) in [6.07, 6.45) is 3.40. The zero-order chi connectivity index (χ0) is 20.1. The molecule has 150 valence electrons. The molecule has 0 saturated heterocycles. The molecule has 2 aromatic rings. The Morgan fingerprint density at radius 1 is 1.24 bits per heavy atom. The van der Waals surface area contributed by atoms with Gasteiger partial charge in [-0.15, -0.1) is 22.9 Å². The maximum absolute atomic E-state index is 13.5. The van der Waals surface area contributed by atoms with Gasteiger partial charge in [0.1, 0.15) is 11.9 Å². The van der Waals surface area contributed by atoms with Crippen molar-refractivity contribution in [2.45, 2.75) is 36.8 Å². The molecule has 1 fully saturated rings. The minimum atomic E-state index is -0.571. The van der Waals surface area contributed by atoms with Crippen LogP contribution in [-0.4, -0.2) is 35.3 Å². The third-order valence-corrected chi connectivity index (χ3v) is 7.01. The van der Waals surface area contributed by atoms with Crippen LogP contribution in [0.1, 0.15) is 30.9 Å². The molecule has 4 unspecified atom stereocenters. The van der Waals surface area contributed by atoms with Crippen LogP contribution in [0.3, 0.4) is 0 Å². The molecule has 0 radical (unpaired) electrons. The van der Waals surface area contributed by atoms with Crippen LogP contribution in [0.4, 0.5) is 5.13 Å². The van der Waals surface area contributed by atoms with Crippen molar-refractivity contribution in [1.82, 2.24) is 4.98 Å². The number of rotatable bonds is 3. The second kappa shape index (κ2) is 7.15. The Morgan fingerprint density at radius 3 is 2.72 bits per heavy atom. The van der Waals surface area contributed by atoms with E-state index in [4.69, 9.17) is 21.1 Å². The number of alkyl halides is 1. The van der Waals surface area contributed by atoms with Gasteiger partial charge in [-0.2, -0.15) is 0 Å².